The molecule has 132 valence electrons. The number of carbonyl (C=O) groups excluding carboxylic acids is 2. The standard InChI is InChI=1S/C19H20ClFN2O2/c1-19(2,17(24)22-11-13-7-9-15(21)10-8-13)18(25)23-12-14-5-3-4-6-16(14)20/h3-10H,11-12H2,1-2H3,(H,22,24)(H,23,25). The van der Waals surface area contributed by atoms with Gasteiger partial charge < -0.3 is 10.6 Å². The highest BCUT2D eigenvalue weighted by molar-refractivity contribution is 6.31. The largest absolute Gasteiger partial charge is 0.351 e. The molecule has 0 unspecified atom stereocenters. The molecule has 0 saturated carbocycles. The summed E-state index contributed by atoms with van der Waals surface area (Å²) < 4.78 is 12.9. The van der Waals surface area contributed by atoms with Crippen molar-refractivity contribution in [2.75, 3.05) is 0 Å². The van der Waals surface area contributed by atoms with Crippen LogP contribution in [0.25, 0.3) is 0 Å². The monoisotopic (exact) mass is 362 g/mol. The summed E-state index contributed by atoms with van der Waals surface area (Å²) in [5.41, 5.74) is 0.281. The Morgan fingerprint density at radius 3 is 2.12 bits per heavy atom. The highest BCUT2D eigenvalue weighted by atomic mass is 35.5. The molecule has 0 heterocycles. The summed E-state index contributed by atoms with van der Waals surface area (Å²) >= 11 is 6.06. The Balaban J connectivity index is 1.91. The highest BCUT2D eigenvalue weighted by Crippen LogP contribution is 2.18. The van der Waals surface area contributed by atoms with Gasteiger partial charge in [0.15, 0.2) is 0 Å². The number of hydrogen-bond donors (Lipinski definition) is 2. The molecule has 0 bridgehead atoms. The first-order chi connectivity index (χ1) is 11.8. The maximum absolute atomic E-state index is 12.9. The zero-order chi connectivity index (χ0) is 18.4. The lowest BCUT2D eigenvalue weighted by Crippen LogP contribution is -2.47. The quantitative estimate of drug-likeness (QED) is 0.773. The molecule has 0 aromatic heterocycles. The predicted octanol–water partition coefficient (Wildman–Crippen LogP) is 3.44. The minimum absolute atomic E-state index is 0.223. The summed E-state index contributed by atoms with van der Waals surface area (Å²) in [5.74, 6) is -1.15. The van der Waals surface area contributed by atoms with Gasteiger partial charge in [-0.3, -0.25) is 9.59 Å². The molecule has 0 spiro atoms. The summed E-state index contributed by atoms with van der Waals surface area (Å²) in [4.78, 5) is 24.7. The average molecular weight is 363 g/mol. The van der Waals surface area contributed by atoms with Gasteiger partial charge in [0.2, 0.25) is 11.8 Å². The summed E-state index contributed by atoms with van der Waals surface area (Å²) in [6, 6.07) is 13.0. The van der Waals surface area contributed by atoms with Crippen LogP contribution >= 0.6 is 11.6 Å². The van der Waals surface area contributed by atoms with Crippen molar-refractivity contribution in [3.8, 4) is 0 Å². The van der Waals surface area contributed by atoms with E-state index in [1.807, 2.05) is 12.1 Å². The Kier molecular flexibility index (Phi) is 6.15. The van der Waals surface area contributed by atoms with E-state index in [1.54, 1.807) is 38.1 Å². The lowest BCUT2D eigenvalue weighted by Gasteiger charge is -2.23. The Bertz CT molecular complexity index is 760. The van der Waals surface area contributed by atoms with Crippen molar-refractivity contribution in [2.45, 2.75) is 26.9 Å². The van der Waals surface area contributed by atoms with Gasteiger partial charge in [0.25, 0.3) is 0 Å². The number of benzene rings is 2. The Morgan fingerprint density at radius 1 is 0.960 bits per heavy atom. The second-order valence-electron chi connectivity index (χ2n) is 6.21. The number of carbonyl (C=O) groups is 2. The van der Waals surface area contributed by atoms with E-state index in [9.17, 15) is 14.0 Å². The third kappa shape index (κ3) is 5.03. The van der Waals surface area contributed by atoms with Gasteiger partial charge in [-0.25, -0.2) is 4.39 Å². The van der Waals surface area contributed by atoms with Gasteiger partial charge in [-0.1, -0.05) is 41.9 Å². The van der Waals surface area contributed by atoms with Crippen molar-refractivity contribution in [1.82, 2.24) is 10.6 Å². The second-order valence-corrected chi connectivity index (χ2v) is 6.62. The van der Waals surface area contributed by atoms with Crippen molar-refractivity contribution in [3.05, 3.63) is 70.5 Å². The molecule has 2 rings (SSSR count). The molecule has 25 heavy (non-hydrogen) atoms. The molecule has 0 aliphatic heterocycles. The minimum Gasteiger partial charge on any atom is -0.351 e. The molecule has 2 aromatic carbocycles. The second kappa shape index (κ2) is 8.12. The van der Waals surface area contributed by atoms with Crippen molar-refractivity contribution in [3.63, 3.8) is 0 Å². The smallest absolute Gasteiger partial charge is 0.235 e. The molecule has 0 radical (unpaired) electrons. The molecule has 6 heteroatoms. The van der Waals surface area contributed by atoms with Gasteiger partial charge in [-0.05, 0) is 43.2 Å². The van der Waals surface area contributed by atoms with E-state index in [2.05, 4.69) is 10.6 Å². The van der Waals surface area contributed by atoms with Gasteiger partial charge in [0.05, 0.1) is 0 Å². The van der Waals surface area contributed by atoms with Gasteiger partial charge in [0, 0.05) is 18.1 Å². The summed E-state index contributed by atoms with van der Waals surface area (Å²) in [6.07, 6.45) is 0. The third-order valence-electron chi connectivity index (χ3n) is 3.90. The van der Waals surface area contributed by atoms with Crippen LogP contribution in [0.15, 0.2) is 48.5 Å². The Labute approximate surface area is 151 Å². The Hall–Kier alpha value is -2.40. The molecular formula is C19H20ClFN2O2. The fraction of sp³-hybridized carbons (Fsp3) is 0.263. The lowest BCUT2D eigenvalue weighted by atomic mass is 9.91. The van der Waals surface area contributed by atoms with E-state index in [0.29, 0.717) is 5.02 Å². The summed E-state index contributed by atoms with van der Waals surface area (Å²) in [5, 5.41) is 5.99. The number of nitrogens with one attached hydrogen (secondary N) is 2. The number of amides is 2. The van der Waals surface area contributed by atoms with E-state index in [0.717, 1.165) is 11.1 Å². The first kappa shape index (κ1) is 18.9. The molecule has 2 amide bonds. The van der Waals surface area contributed by atoms with Crippen molar-refractivity contribution < 1.29 is 14.0 Å². The van der Waals surface area contributed by atoms with E-state index in [1.165, 1.54) is 12.1 Å². The van der Waals surface area contributed by atoms with Crippen molar-refractivity contribution in [1.29, 1.82) is 0 Å². The molecular weight excluding hydrogens is 343 g/mol. The van der Waals surface area contributed by atoms with Gasteiger partial charge in [-0.15, -0.1) is 0 Å². The van der Waals surface area contributed by atoms with Crippen molar-refractivity contribution >= 4 is 23.4 Å². The first-order valence-electron chi connectivity index (χ1n) is 7.85. The maximum atomic E-state index is 12.9. The molecule has 0 saturated heterocycles. The van der Waals surface area contributed by atoms with E-state index in [-0.39, 0.29) is 18.9 Å². The molecule has 0 atom stereocenters. The number of hydrogen-bond acceptors (Lipinski definition) is 2. The normalized spacial score (nSPS) is 11.0. The molecule has 0 aliphatic carbocycles. The summed E-state index contributed by atoms with van der Waals surface area (Å²) in [7, 11) is 0. The minimum atomic E-state index is -1.25. The van der Waals surface area contributed by atoms with Gasteiger partial charge >= 0.3 is 0 Å². The zero-order valence-corrected chi connectivity index (χ0v) is 14.9. The molecule has 2 aromatic rings. The highest BCUT2D eigenvalue weighted by Gasteiger charge is 2.35. The SMILES string of the molecule is CC(C)(C(=O)NCc1ccc(F)cc1)C(=O)NCc1ccccc1Cl. The van der Waals surface area contributed by atoms with Gasteiger partial charge in [0.1, 0.15) is 11.2 Å². The van der Waals surface area contributed by atoms with Crippen LogP contribution in [0.3, 0.4) is 0 Å². The maximum Gasteiger partial charge on any atom is 0.235 e. The van der Waals surface area contributed by atoms with Crippen LogP contribution in [0.1, 0.15) is 25.0 Å². The fourth-order valence-corrected chi connectivity index (χ4v) is 2.35. The molecule has 0 aliphatic rings. The topological polar surface area (TPSA) is 58.2 Å². The van der Waals surface area contributed by atoms with E-state index >= 15 is 0 Å². The van der Waals surface area contributed by atoms with Crippen LogP contribution in [0.4, 0.5) is 4.39 Å². The van der Waals surface area contributed by atoms with Crippen LogP contribution in [0.2, 0.25) is 5.02 Å². The fourth-order valence-electron chi connectivity index (χ4n) is 2.15. The van der Waals surface area contributed by atoms with Crippen LogP contribution in [-0.2, 0) is 22.7 Å². The van der Waals surface area contributed by atoms with Crippen LogP contribution in [0, 0.1) is 11.2 Å². The van der Waals surface area contributed by atoms with E-state index in [4.69, 9.17) is 11.6 Å². The number of halogens is 2. The van der Waals surface area contributed by atoms with Gasteiger partial charge in [-0.2, -0.15) is 0 Å². The predicted molar refractivity (Wildman–Crippen MR) is 95.3 cm³/mol. The Morgan fingerprint density at radius 2 is 1.52 bits per heavy atom. The lowest BCUT2D eigenvalue weighted by molar-refractivity contribution is -0.141. The molecule has 2 N–H and O–H groups in total. The molecule has 4 nitrogen and oxygen atoms in total. The van der Waals surface area contributed by atoms with Crippen LogP contribution < -0.4 is 10.6 Å². The zero-order valence-electron chi connectivity index (χ0n) is 14.1. The third-order valence-corrected chi connectivity index (χ3v) is 4.27. The first-order valence-corrected chi connectivity index (χ1v) is 8.23. The summed E-state index contributed by atoms with van der Waals surface area (Å²) in [6.45, 7) is 3.57. The molecule has 0 fully saturated rings. The van der Waals surface area contributed by atoms with Crippen LogP contribution in [-0.4, -0.2) is 11.8 Å². The van der Waals surface area contributed by atoms with E-state index < -0.39 is 17.2 Å². The number of rotatable bonds is 6. The van der Waals surface area contributed by atoms with Crippen LogP contribution in [0.5, 0.6) is 0 Å². The average Bonchev–Trinajstić information content (AvgIpc) is 2.59. The van der Waals surface area contributed by atoms with Crippen molar-refractivity contribution in [2.24, 2.45) is 5.41 Å².